The number of carbonyl (C=O) groups is 1. The summed E-state index contributed by atoms with van der Waals surface area (Å²) in [6.45, 7) is -0.0724. The average Bonchev–Trinajstić information content (AvgIpc) is 3.18. The molecule has 0 spiro atoms. The van der Waals surface area contributed by atoms with Crippen molar-refractivity contribution in [3.8, 4) is 11.6 Å². The summed E-state index contributed by atoms with van der Waals surface area (Å²) >= 11 is 0. The number of aromatic nitrogens is 4. The summed E-state index contributed by atoms with van der Waals surface area (Å²) in [5.41, 5.74) is 0.448. The number of carbonyl (C=O) groups excluding carboxylic acids is 1. The van der Waals surface area contributed by atoms with Gasteiger partial charge in [-0.1, -0.05) is 0 Å². The van der Waals surface area contributed by atoms with Gasteiger partial charge in [0.15, 0.2) is 15.5 Å². The molecule has 1 aliphatic rings. The van der Waals surface area contributed by atoms with Gasteiger partial charge in [-0.2, -0.15) is 18.3 Å². The highest BCUT2D eigenvalue weighted by molar-refractivity contribution is 7.90. The van der Waals surface area contributed by atoms with E-state index in [0.717, 1.165) is 11.2 Å². The maximum Gasteiger partial charge on any atom is 0.471 e. The van der Waals surface area contributed by atoms with E-state index in [0.29, 0.717) is 29.6 Å². The van der Waals surface area contributed by atoms with Crippen molar-refractivity contribution in [2.75, 3.05) is 19.3 Å². The first-order valence-electron chi connectivity index (χ1n) is 9.56. The molecule has 9 nitrogen and oxygen atoms in total. The first-order chi connectivity index (χ1) is 15.0. The van der Waals surface area contributed by atoms with Crippen LogP contribution in [-0.4, -0.2) is 64.5 Å². The number of rotatable bonds is 4. The number of likely N-dealkylation sites (tertiary alicyclic amines) is 1. The van der Waals surface area contributed by atoms with Gasteiger partial charge >= 0.3 is 12.1 Å². The summed E-state index contributed by atoms with van der Waals surface area (Å²) in [5, 5.41) is 4.81. The second kappa shape index (κ2) is 8.04. The molecule has 170 valence electrons. The molecule has 0 radical (unpaired) electrons. The third-order valence-electron chi connectivity index (χ3n) is 5.16. The zero-order chi connectivity index (χ0) is 23.1. The number of sulfone groups is 1. The van der Waals surface area contributed by atoms with Gasteiger partial charge in [-0.05, 0) is 37.1 Å². The summed E-state index contributed by atoms with van der Waals surface area (Å²) in [6.07, 6.45) is -0.401. The molecular formula is C19H18F3N5O4S. The van der Waals surface area contributed by atoms with Crippen molar-refractivity contribution in [1.82, 2.24) is 24.6 Å². The number of hydrogen-bond acceptors (Lipinski definition) is 7. The molecule has 3 aromatic rings. The lowest BCUT2D eigenvalue weighted by atomic mass is 10.1. The van der Waals surface area contributed by atoms with Crippen molar-refractivity contribution in [2.24, 2.45) is 0 Å². The van der Waals surface area contributed by atoms with Crippen LogP contribution in [0.15, 0.2) is 41.7 Å². The SMILES string of the molecule is CS(=O)(=O)c1ccc(Oc2ncnc3c2cnn3C2CCN(C(=O)C(F)(F)F)CC2)cc1. The Labute approximate surface area is 180 Å². The third-order valence-corrected chi connectivity index (χ3v) is 6.29. The van der Waals surface area contributed by atoms with Crippen LogP contribution in [0.5, 0.6) is 11.6 Å². The van der Waals surface area contributed by atoms with E-state index < -0.39 is 21.9 Å². The monoisotopic (exact) mass is 469 g/mol. The lowest BCUT2D eigenvalue weighted by Crippen LogP contribution is -2.45. The first kappa shape index (κ1) is 22.0. The van der Waals surface area contributed by atoms with Crippen molar-refractivity contribution in [3.05, 3.63) is 36.8 Å². The van der Waals surface area contributed by atoms with Gasteiger partial charge in [-0.15, -0.1) is 0 Å². The van der Waals surface area contributed by atoms with E-state index >= 15 is 0 Å². The fraction of sp³-hybridized carbons (Fsp3) is 0.368. The molecule has 2 aromatic heterocycles. The second-order valence-electron chi connectivity index (χ2n) is 7.37. The van der Waals surface area contributed by atoms with Crippen molar-refractivity contribution >= 4 is 26.8 Å². The molecule has 0 saturated carbocycles. The Morgan fingerprint density at radius 3 is 2.38 bits per heavy atom. The van der Waals surface area contributed by atoms with Crippen molar-refractivity contribution in [2.45, 2.75) is 30.0 Å². The fourth-order valence-corrected chi connectivity index (χ4v) is 4.18. The highest BCUT2D eigenvalue weighted by Gasteiger charge is 2.43. The number of halogens is 3. The van der Waals surface area contributed by atoms with Crippen molar-refractivity contribution in [1.29, 1.82) is 0 Å². The lowest BCUT2D eigenvalue weighted by Gasteiger charge is -2.32. The maximum atomic E-state index is 12.6. The normalized spacial score (nSPS) is 15.8. The number of amides is 1. The average molecular weight is 469 g/mol. The number of benzene rings is 1. The molecule has 0 atom stereocenters. The van der Waals surface area contributed by atoms with E-state index in [2.05, 4.69) is 15.1 Å². The van der Waals surface area contributed by atoms with Crippen LogP contribution >= 0.6 is 0 Å². The minimum Gasteiger partial charge on any atom is -0.438 e. The highest BCUT2D eigenvalue weighted by Crippen LogP contribution is 2.31. The molecule has 0 N–H and O–H groups in total. The molecular weight excluding hydrogens is 451 g/mol. The molecule has 0 bridgehead atoms. The zero-order valence-corrected chi connectivity index (χ0v) is 17.6. The van der Waals surface area contributed by atoms with Gasteiger partial charge < -0.3 is 9.64 Å². The molecule has 1 fully saturated rings. The van der Waals surface area contributed by atoms with E-state index in [1.165, 1.54) is 36.8 Å². The topological polar surface area (TPSA) is 107 Å². The lowest BCUT2D eigenvalue weighted by molar-refractivity contribution is -0.186. The summed E-state index contributed by atoms with van der Waals surface area (Å²) in [4.78, 5) is 20.7. The van der Waals surface area contributed by atoms with E-state index in [4.69, 9.17) is 4.74 Å². The van der Waals surface area contributed by atoms with Crippen LogP contribution in [0.25, 0.3) is 11.0 Å². The minimum absolute atomic E-state index is 0.0362. The Morgan fingerprint density at radius 2 is 1.78 bits per heavy atom. The number of ether oxygens (including phenoxy) is 1. The highest BCUT2D eigenvalue weighted by atomic mass is 32.2. The van der Waals surface area contributed by atoms with E-state index in [-0.39, 0.29) is 29.9 Å². The molecule has 1 amide bonds. The van der Waals surface area contributed by atoms with Crippen LogP contribution in [0, 0.1) is 0 Å². The molecule has 3 heterocycles. The summed E-state index contributed by atoms with van der Waals surface area (Å²) in [7, 11) is -3.34. The third kappa shape index (κ3) is 4.38. The minimum atomic E-state index is -4.88. The van der Waals surface area contributed by atoms with Gasteiger partial charge in [-0.3, -0.25) is 4.79 Å². The Kier molecular flexibility index (Phi) is 5.53. The molecule has 32 heavy (non-hydrogen) atoms. The predicted molar refractivity (Wildman–Crippen MR) is 106 cm³/mol. The van der Waals surface area contributed by atoms with Crippen LogP contribution in [0.4, 0.5) is 13.2 Å². The van der Waals surface area contributed by atoms with Crippen LogP contribution in [0.3, 0.4) is 0 Å². The van der Waals surface area contributed by atoms with E-state index in [1.54, 1.807) is 4.68 Å². The molecule has 1 aliphatic heterocycles. The molecule has 4 rings (SSSR count). The Hall–Kier alpha value is -3.22. The van der Waals surface area contributed by atoms with Crippen molar-refractivity contribution in [3.63, 3.8) is 0 Å². The molecule has 1 saturated heterocycles. The summed E-state index contributed by atoms with van der Waals surface area (Å²) in [6, 6.07) is 5.61. The fourth-order valence-electron chi connectivity index (χ4n) is 3.55. The number of piperidine rings is 1. The van der Waals surface area contributed by atoms with E-state index in [9.17, 15) is 26.4 Å². The predicted octanol–water partition coefficient (Wildman–Crippen LogP) is 2.75. The summed E-state index contributed by atoms with van der Waals surface area (Å²) in [5.74, 6) is -1.26. The largest absolute Gasteiger partial charge is 0.471 e. The Morgan fingerprint density at radius 1 is 1.12 bits per heavy atom. The number of nitrogens with zero attached hydrogens (tertiary/aromatic N) is 5. The van der Waals surface area contributed by atoms with Crippen LogP contribution in [0.1, 0.15) is 18.9 Å². The number of hydrogen-bond donors (Lipinski definition) is 0. The van der Waals surface area contributed by atoms with Gasteiger partial charge in [0.1, 0.15) is 17.5 Å². The van der Waals surface area contributed by atoms with Gasteiger partial charge in [0.25, 0.3) is 0 Å². The first-order valence-corrected chi connectivity index (χ1v) is 11.5. The molecule has 0 unspecified atom stereocenters. The van der Waals surface area contributed by atoms with Crippen molar-refractivity contribution < 1.29 is 31.1 Å². The van der Waals surface area contributed by atoms with Crippen LogP contribution in [0.2, 0.25) is 0 Å². The maximum absolute atomic E-state index is 12.6. The molecule has 1 aromatic carbocycles. The van der Waals surface area contributed by atoms with Gasteiger partial charge in [0.2, 0.25) is 5.88 Å². The Balaban J connectivity index is 1.52. The van der Waals surface area contributed by atoms with E-state index in [1.807, 2.05) is 0 Å². The molecule has 13 heteroatoms. The zero-order valence-electron chi connectivity index (χ0n) is 16.8. The van der Waals surface area contributed by atoms with Crippen LogP contribution < -0.4 is 4.74 Å². The summed E-state index contributed by atoms with van der Waals surface area (Å²) < 4.78 is 68.5. The molecule has 0 aliphatic carbocycles. The number of fused-ring (bicyclic) bond motifs is 1. The smallest absolute Gasteiger partial charge is 0.438 e. The van der Waals surface area contributed by atoms with Crippen LogP contribution in [-0.2, 0) is 14.6 Å². The number of alkyl halides is 3. The van der Waals surface area contributed by atoms with Gasteiger partial charge in [0.05, 0.1) is 17.1 Å². The van der Waals surface area contributed by atoms with Gasteiger partial charge in [-0.25, -0.2) is 23.1 Å². The second-order valence-corrected chi connectivity index (χ2v) is 9.39. The quantitative estimate of drug-likeness (QED) is 0.578. The van der Waals surface area contributed by atoms with Gasteiger partial charge in [0, 0.05) is 19.3 Å². The Bertz CT molecular complexity index is 1250. The standard InChI is InChI=1S/C19H18F3N5O4S/c1-32(29,30)14-4-2-13(3-5-14)31-17-15-10-25-27(16(15)23-11-24-17)12-6-8-26(9-7-12)18(28)19(20,21)22/h2-5,10-12H,6-9H2,1H3.